The number of hydrogen-bond donors (Lipinski definition) is 0. The smallest absolute Gasteiger partial charge is 0.375 e. The first-order valence-electron chi connectivity index (χ1n) is 17.0. The van der Waals surface area contributed by atoms with Crippen LogP contribution >= 0.6 is 0 Å². The number of rotatable bonds is 5. The van der Waals surface area contributed by atoms with Crippen LogP contribution in [0.2, 0.25) is 0 Å². The number of furan rings is 1. The van der Waals surface area contributed by atoms with Gasteiger partial charge in [-0.2, -0.15) is 0 Å². The molecular formula is C42H39BN2O. The molecule has 7 aromatic rings. The lowest BCUT2D eigenvalue weighted by molar-refractivity contribution is 0.590. The van der Waals surface area contributed by atoms with Crippen LogP contribution in [0.15, 0.2) is 101 Å². The van der Waals surface area contributed by atoms with Gasteiger partial charge in [-0.1, -0.05) is 101 Å². The van der Waals surface area contributed by atoms with Gasteiger partial charge in [0.05, 0.1) is 16.7 Å². The average Bonchev–Trinajstić information content (AvgIpc) is 3.61. The topological polar surface area (TPSA) is 21.3 Å². The molecule has 226 valence electrons. The number of nitrogens with zero attached hydrogens (tertiary/aromatic N) is 2. The van der Waals surface area contributed by atoms with Gasteiger partial charge in [0.25, 0.3) is 0 Å². The Morgan fingerprint density at radius 2 is 1.57 bits per heavy atom. The summed E-state index contributed by atoms with van der Waals surface area (Å²) < 4.78 is 9.61. The van der Waals surface area contributed by atoms with Crippen molar-refractivity contribution in [3.05, 3.63) is 114 Å². The summed E-state index contributed by atoms with van der Waals surface area (Å²) in [5.74, 6) is 0. The van der Waals surface area contributed by atoms with Crippen molar-refractivity contribution in [3.8, 4) is 16.8 Å². The van der Waals surface area contributed by atoms with Gasteiger partial charge < -0.3 is 13.8 Å². The summed E-state index contributed by atoms with van der Waals surface area (Å²) in [7, 11) is 0. The van der Waals surface area contributed by atoms with E-state index in [1.165, 1.54) is 96.8 Å². The lowest BCUT2D eigenvalue weighted by Gasteiger charge is -2.40. The minimum absolute atomic E-state index is 0.0252. The Morgan fingerprint density at radius 1 is 0.783 bits per heavy atom. The molecule has 0 aliphatic carbocycles. The van der Waals surface area contributed by atoms with E-state index in [1.54, 1.807) is 0 Å². The van der Waals surface area contributed by atoms with Gasteiger partial charge in [-0.3, -0.25) is 0 Å². The monoisotopic (exact) mass is 598 g/mol. The Balaban J connectivity index is 1.40. The molecule has 3 nitrogen and oxygen atoms in total. The summed E-state index contributed by atoms with van der Waals surface area (Å²) in [5.41, 5.74) is 16.1. The maximum absolute atomic E-state index is 7.08. The average molecular weight is 599 g/mol. The maximum Gasteiger partial charge on any atom is 0.375 e. The third-order valence-electron chi connectivity index (χ3n) is 10.5. The minimum atomic E-state index is -0.101. The van der Waals surface area contributed by atoms with Gasteiger partial charge in [-0.15, -0.1) is 0 Å². The quantitative estimate of drug-likeness (QED) is 0.145. The number of aromatic nitrogens is 1. The van der Waals surface area contributed by atoms with Crippen LogP contribution in [0.3, 0.4) is 0 Å². The lowest BCUT2D eigenvalue weighted by atomic mass is 9.46. The van der Waals surface area contributed by atoms with Crippen molar-refractivity contribution >= 4 is 62.1 Å². The van der Waals surface area contributed by atoms with E-state index < -0.39 is 0 Å². The van der Waals surface area contributed by atoms with E-state index in [9.17, 15) is 0 Å². The van der Waals surface area contributed by atoms with Gasteiger partial charge in [-0.05, 0) is 89.3 Å². The summed E-state index contributed by atoms with van der Waals surface area (Å²) in [6.07, 6.45) is 4.88. The van der Waals surface area contributed by atoms with Gasteiger partial charge in [-0.25, -0.2) is 0 Å². The predicted molar refractivity (Wildman–Crippen MR) is 196 cm³/mol. The fraction of sp³-hybridized carbons (Fsp3) is 0.238. The summed E-state index contributed by atoms with van der Waals surface area (Å²) in [6.45, 7) is 11.3. The largest absolute Gasteiger partial charge is 0.466 e. The zero-order chi connectivity index (χ0) is 31.3. The van der Waals surface area contributed by atoms with Crippen molar-refractivity contribution in [3.63, 3.8) is 0 Å². The number of hydrogen-bond acceptors (Lipinski definition) is 2. The van der Waals surface area contributed by atoms with Crippen LogP contribution in [-0.4, -0.2) is 11.4 Å². The van der Waals surface area contributed by atoms with Crippen molar-refractivity contribution in [2.45, 2.75) is 65.7 Å². The van der Waals surface area contributed by atoms with Crippen LogP contribution in [0.25, 0.3) is 49.6 Å². The predicted octanol–water partition coefficient (Wildman–Crippen LogP) is 10.1. The van der Waals surface area contributed by atoms with Crippen LogP contribution in [0.4, 0.5) is 11.4 Å². The van der Waals surface area contributed by atoms with E-state index in [0.717, 1.165) is 17.7 Å². The summed E-state index contributed by atoms with van der Waals surface area (Å²) in [6, 6.07) is 36.5. The summed E-state index contributed by atoms with van der Waals surface area (Å²) >= 11 is 0. The highest BCUT2D eigenvalue weighted by Crippen LogP contribution is 2.47. The van der Waals surface area contributed by atoms with Gasteiger partial charge in [0.2, 0.25) is 0 Å². The van der Waals surface area contributed by atoms with Gasteiger partial charge in [0, 0.05) is 33.1 Å². The second kappa shape index (κ2) is 9.90. The zero-order valence-electron chi connectivity index (χ0n) is 27.4. The molecular weight excluding hydrogens is 559 g/mol. The third-order valence-corrected chi connectivity index (χ3v) is 10.5. The Hall–Kier alpha value is -4.70. The second-order valence-corrected chi connectivity index (χ2v) is 14.4. The van der Waals surface area contributed by atoms with Gasteiger partial charge in [0.15, 0.2) is 0 Å². The van der Waals surface area contributed by atoms with E-state index in [4.69, 9.17) is 4.42 Å². The number of anilines is 2. The highest BCUT2D eigenvalue weighted by molar-refractivity contribution is 6.93. The third kappa shape index (κ3) is 3.79. The molecule has 0 unspecified atom stereocenters. The van der Waals surface area contributed by atoms with Crippen LogP contribution < -0.4 is 15.9 Å². The van der Waals surface area contributed by atoms with Gasteiger partial charge >= 0.3 is 6.85 Å². The van der Waals surface area contributed by atoms with E-state index in [0.29, 0.717) is 0 Å². The molecule has 0 saturated carbocycles. The molecule has 4 heterocycles. The molecule has 0 N–H and O–H groups in total. The fourth-order valence-corrected chi connectivity index (χ4v) is 8.22. The molecule has 2 aromatic heterocycles. The van der Waals surface area contributed by atoms with Crippen LogP contribution in [0, 0.1) is 6.92 Å². The SMILES string of the molecule is CCCCCc1ccc(N2B3c4oc5ccc(C(C)(C)C)cc5c4-n4c5ccccc5c5c(C)cc(c3c54)-c3ccccc32)cc1. The molecule has 0 saturated heterocycles. The highest BCUT2D eigenvalue weighted by Gasteiger charge is 2.47. The molecule has 0 atom stereocenters. The second-order valence-electron chi connectivity index (χ2n) is 14.4. The number of fused-ring (bicyclic) bond motifs is 10. The van der Waals surface area contributed by atoms with E-state index in [2.05, 4.69) is 141 Å². The van der Waals surface area contributed by atoms with E-state index in [-0.39, 0.29) is 12.3 Å². The molecule has 0 bridgehead atoms. The maximum atomic E-state index is 7.08. The van der Waals surface area contributed by atoms with Crippen molar-refractivity contribution < 1.29 is 4.42 Å². The molecule has 0 amide bonds. The molecule has 0 spiro atoms. The number of unbranched alkanes of at least 4 members (excludes halogenated alkanes) is 2. The van der Waals surface area contributed by atoms with Crippen LogP contribution in [0.1, 0.15) is 63.6 Å². The van der Waals surface area contributed by atoms with Crippen molar-refractivity contribution in [1.82, 2.24) is 4.57 Å². The number of benzene rings is 5. The molecule has 9 rings (SSSR count). The van der Waals surface area contributed by atoms with Crippen molar-refractivity contribution in [2.24, 2.45) is 0 Å². The molecule has 46 heavy (non-hydrogen) atoms. The Bertz CT molecular complexity index is 2330. The number of para-hydroxylation sites is 2. The van der Waals surface area contributed by atoms with Crippen LogP contribution in [0.5, 0.6) is 0 Å². The Morgan fingerprint density at radius 3 is 2.37 bits per heavy atom. The Kier molecular flexibility index (Phi) is 5.94. The fourth-order valence-electron chi connectivity index (χ4n) is 8.22. The normalized spacial score (nSPS) is 13.6. The first-order chi connectivity index (χ1) is 22.3. The van der Waals surface area contributed by atoms with Crippen molar-refractivity contribution in [2.75, 3.05) is 4.81 Å². The summed E-state index contributed by atoms with van der Waals surface area (Å²) in [5, 5.41) is 3.83. The van der Waals surface area contributed by atoms with Crippen molar-refractivity contribution in [1.29, 1.82) is 0 Å². The first kappa shape index (κ1) is 27.6. The molecule has 0 radical (unpaired) electrons. The number of aryl methyl sites for hydroxylation is 2. The Labute approximate surface area is 271 Å². The lowest BCUT2D eigenvalue weighted by Crippen LogP contribution is -2.60. The van der Waals surface area contributed by atoms with Gasteiger partial charge in [0.1, 0.15) is 11.2 Å². The van der Waals surface area contributed by atoms with Crippen LogP contribution in [-0.2, 0) is 11.8 Å². The summed E-state index contributed by atoms with van der Waals surface area (Å²) in [4.78, 5) is 2.55. The zero-order valence-corrected chi connectivity index (χ0v) is 27.4. The molecule has 5 aromatic carbocycles. The molecule has 0 fully saturated rings. The standard InChI is InChI=1S/C42H39BN2O/c1-6-7-8-13-27-18-21-29(22-19-27)45-35-17-12-9-14-30(35)32-24-26(2)37-31-15-10-11-16-34(31)44-39-33-25-28(42(3,4)5)20-23-36(33)46-41(39)43(45)38(32)40(37)44/h9-12,14-25H,6-8,13H2,1-5H3. The minimum Gasteiger partial charge on any atom is -0.466 e. The van der Waals surface area contributed by atoms with E-state index >= 15 is 0 Å². The first-order valence-corrected chi connectivity index (χ1v) is 17.0. The highest BCUT2D eigenvalue weighted by atomic mass is 16.3. The van der Waals surface area contributed by atoms with E-state index in [1.807, 2.05) is 0 Å². The molecule has 2 aliphatic heterocycles. The molecule has 4 heteroatoms. The molecule has 2 aliphatic rings.